The Hall–Kier alpha value is -0.670. The summed E-state index contributed by atoms with van der Waals surface area (Å²) in [5, 5.41) is 10.5. The van der Waals surface area contributed by atoms with Gasteiger partial charge in [-0.2, -0.15) is 0 Å². The maximum absolute atomic E-state index is 12.9. The average molecular weight is 314 g/mol. The molecule has 1 aromatic rings. The van der Waals surface area contributed by atoms with Crippen LogP contribution in [0.25, 0.3) is 0 Å². The molecule has 4 nitrogen and oxygen atoms in total. The van der Waals surface area contributed by atoms with Crippen molar-refractivity contribution < 1.29 is 18.7 Å². The lowest BCUT2D eigenvalue weighted by molar-refractivity contribution is 0.101. The average Bonchev–Trinajstić information content (AvgIpc) is 2.36. The topological polar surface area (TPSA) is 55.8 Å². The monoisotopic (exact) mass is 314 g/mol. The smallest absolute Gasteiger partial charge is 0.363 e. The highest BCUT2D eigenvalue weighted by Crippen LogP contribution is 2.61. The molecule has 0 aliphatic carbocycles. The first-order valence-electron chi connectivity index (χ1n) is 7.40. The van der Waals surface area contributed by atoms with E-state index < -0.39 is 13.4 Å². The van der Waals surface area contributed by atoms with E-state index in [1.54, 1.807) is 39.8 Å². The molecule has 120 valence electrons. The van der Waals surface area contributed by atoms with Crippen molar-refractivity contribution in [1.29, 1.82) is 0 Å². The van der Waals surface area contributed by atoms with Gasteiger partial charge < -0.3 is 14.2 Å². The summed E-state index contributed by atoms with van der Waals surface area (Å²) in [7, 11) is -3.63. The van der Waals surface area contributed by atoms with Crippen molar-refractivity contribution in [2.24, 2.45) is 0 Å². The molecule has 0 radical (unpaired) electrons. The molecule has 0 spiro atoms. The van der Waals surface area contributed by atoms with E-state index in [1.807, 2.05) is 12.1 Å². The Morgan fingerprint density at radius 1 is 0.857 bits per heavy atom. The van der Waals surface area contributed by atoms with E-state index in [9.17, 15) is 9.67 Å². The van der Waals surface area contributed by atoms with E-state index in [2.05, 4.69) is 13.8 Å². The first-order chi connectivity index (χ1) is 9.65. The normalized spacial score (nSPS) is 14.2. The highest BCUT2D eigenvalue weighted by molar-refractivity contribution is 7.54. The third-order valence-electron chi connectivity index (χ3n) is 2.92. The van der Waals surface area contributed by atoms with Gasteiger partial charge in [0.25, 0.3) is 0 Å². The predicted molar refractivity (Wildman–Crippen MR) is 85.5 cm³/mol. The molecule has 0 saturated carbocycles. The first kappa shape index (κ1) is 18.4. The van der Waals surface area contributed by atoms with Gasteiger partial charge in [-0.05, 0) is 44.7 Å². The second-order valence-corrected chi connectivity index (χ2v) is 8.03. The highest BCUT2D eigenvalue weighted by Gasteiger charge is 2.37. The molecular weight excluding hydrogens is 287 g/mol. The van der Waals surface area contributed by atoms with Crippen molar-refractivity contribution in [3.8, 4) is 0 Å². The summed E-state index contributed by atoms with van der Waals surface area (Å²) in [6.07, 6.45) is -0.585. The van der Waals surface area contributed by atoms with Gasteiger partial charge in [-0.15, -0.1) is 0 Å². The maximum atomic E-state index is 12.9. The molecule has 1 N–H and O–H groups in total. The van der Waals surface area contributed by atoms with Crippen LogP contribution in [0.15, 0.2) is 24.3 Å². The number of benzene rings is 1. The predicted octanol–water partition coefficient (Wildman–Crippen LogP) is 4.84. The molecule has 0 fully saturated rings. The van der Waals surface area contributed by atoms with Crippen LogP contribution in [0.2, 0.25) is 0 Å². The minimum absolute atomic E-state index is 0.292. The molecule has 1 aromatic carbocycles. The Labute approximate surface area is 128 Å². The van der Waals surface area contributed by atoms with Gasteiger partial charge in [0.05, 0.1) is 12.2 Å². The molecule has 1 unspecified atom stereocenters. The van der Waals surface area contributed by atoms with E-state index in [0.717, 1.165) is 5.56 Å². The fourth-order valence-electron chi connectivity index (χ4n) is 1.96. The maximum Gasteiger partial charge on any atom is 0.363 e. The molecule has 0 amide bonds. The van der Waals surface area contributed by atoms with Crippen molar-refractivity contribution in [3.05, 3.63) is 35.4 Å². The van der Waals surface area contributed by atoms with E-state index in [-0.39, 0.29) is 12.2 Å². The lowest BCUT2D eigenvalue weighted by atomic mass is 10.0. The van der Waals surface area contributed by atoms with E-state index in [0.29, 0.717) is 11.5 Å². The quantitative estimate of drug-likeness (QED) is 0.731. The summed E-state index contributed by atoms with van der Waals surface area (Å²) in [5.41, 5.74) is 1.71. The van der Waals surface area contributed by atoms with Crippen molar-refractivity contribution in [2.75, 3.05) is 0 Å². The van der Waals surface area contributed by atoms with Gasteiger partial charge in [0.15, 0.2) is 5.85 Å². The fourth-order valence-corrected chi connectivity index (χ4v) is 3.96. The van der Waals surface area contributed by atoms with Gasteiger partial charge >= 0.3 is 7.60 Å². The van der Waals surface area contributed by atoms with Crippen molar-refractivity contribution in [3.63, 3.8) is 0 Å². The summed E-state index contributed by atoms with van der Waals surface area (Å²) in [6, 6.07) is 7.41. The molecule has 0 bridgehead atoms. The van der Waals surface area contributed by atoms with Crippen molar-refractivity contribution in [1.82, 2.24) is 0 Å². The Kier molecular flexibility index (Phi) is 6.61. The molecule has 21 heavy (non-hydrogen) atoms. The summed E-state index contributed by atoms with van der Waals surface area (Å²) in [6.45, 7) is 11.3. The number of aliphatic hydroxyl groups excluding tert-OH is 1. The second-order valence-electron chi connectivity index (χ2n) is 6.04. The number of rotatable bonds is 7. The molecule has 1 atom stereocenters. The molecular formula is C16H27O4P. The summed E-state index contributed by atoms with van der Waals surface area (Å²) in [5.74, 6) is -0.870. The Bertz CT molecular complexity index is 466. The number of aliphatic hydroxyl groups is 1. The molecule has 0 aliphatic rings. The van der Waals surface area contributed by atoms with Crippen LogP contribution in [0.3, 0.4) is 0 Å². The van der Waals surface area contributed by atoms with Crippen molar-refractivity contribution in [2.45, 2.75) is 65.5 Å². The molecule has 0 aromatic heterocycles. The largest absolute Gasteiger partial charge is 0.376 e. The molecule has 1 rings (SSSR count). The molecule has 0 heterocycles. The van der Waals surface area contributed by atoms with E-state index >= 15 is 0 Å². The van der Waals surface area contributed by atoms with Gasteiger partial charge in [-0.3, -0.25) is 4.57 Å². The zero-order chi connectivity index (χ0) is 16.2. The van der Waals surface area contributed by atoms with Gasteiger partial charge in [-0.25, -0.2) is 0 Å². The van der Waals surface area contributed by atoms with Crippen LogP contribution in [0.1, 0.15) is 64.4 Å². The lowest BCUT2D eigenvalue weighted by Crippen LogP contribution is -2.13. The molecule has 0 saturated heterocycles. The lowest BCUT2D eigenvalue weighted by Gasteiger charge is -2.27. The minimum atomic E-state index is -3.63. The highest BCUT2D eigenvalue weighted by atomic mass is 31.2. The fraction of sp³-hybridized carbons (Fsp3) is 0.625. The van der Waals surface area contributed by atoms with E-state index in [4.69, 9.17) is 9.05 Å². The minimum Gasteiger partial charge on any atom is -0.376 e. The summed E-state index contributed by atoms with van der Waals surface area (Å²) in [4.78, 5) is 0. The summed E-state index contributed by atoms with van der Waals surface area (Å²) >= 11 is 0. The van der Waals surface area contributed by atoms with Gasteiger partial charge in [0.1, 0.15) is 0 Å². The number of hydrogen-bond acceptors (Lipinski definition) is 4. The van der Waals surface area contributed by atoms with Gasteiger partial charge in [0.2, 0.25) is 0 Å². The SMILES string of the molecule is CC(C)OP(=O)(OC(C)C)C(O)c1ccc(C(C)C)cc1. The Morgan fingerprint density at radius 2 is 1.24 bits per heavy atom. The van der Waals surface area contributed by atoms with Crippen LogP contribution in [0, 0.1) is 0 Å². The summed E-state index contributed by atoms with van der Waals surface area (Å²) < 4.78 is 23.7. The molecule has 0 aliphatic heterocycles. The van der Waals surface area contributed by atoms with Crippen LogP contribution in [-0.4, -0.2) is 17.3 Å². The third kappa shape index (κ3) is 5.23. The van der Waals surface area contributed by atoms with Crippen molar-refractivity contribution >= 4 is 7.60 Å². The zero-order valence-corrected chi connectivity index (χ0v) is 14.6. The Morgan fingerprint density at radius 3 is 1.57 bits per heavy atom. The van der Waals surface area contributed by atoms with Crippen LogP contribution >= 0.6 is 7.60 Å². The third-order valence-corrected chi connectivity index (χ3v) is 5.24. The van der Waals surface area contributed by atoms with Crippen LogP contribution in [0.4, 0.5) is 0 Å². The van der Waals surface area contributed by atoms with Gasteiger partial charge in [-0.1, -0.05) is 38.1 Å². The molecule has 5 heteroatoms. The first-order valence-corrected chi connectivity index (χ1v) is 9.01. The number of hydrogen-bond donors (Lipinski definition) is 1. The van der Waals surface area contributed by atoms with Crippen LogP contribution in [-0.2, 0) is 13.6 Å². The van der Waals surface area contributed by atoms with E-state index in [1.165, 1.54) is 0 Å². The standard InChI is InChI=1S/C16H27O4P/c1-11(2)14-7-9-15(10-8-14)16(17)21(18,19-12(3)4)20-13(5)6/h7-13,16-17H,1-6H3. The van der Waals surface area contributed by atoms with Crippen LogP contribution < -0.4 is 0 Å². The van der Waals surface area contributed by atoms with Crippen LogP contribution in [0.5, 0.6) is 0 Å². The second kappa shape index (κ2) is 7.55. The zero-order valence-electron chi connectivity index (χ0n) is 13.7. The Balaban J connectivity index is 3.04. The van der Waals surface area contributed by atoms with Gasteiger partial charge in [0, 0.05) is 0 Å².